The minimum Gasteiger partial charge on any atom is -0.377 e. The van der Waals surface area contributed by atoms with Crippen LogP contribution in [0.5, 0.6) is 0 Å². The molecule has 1 unspecified atom stereocenters. The number of halogens is 1. The number of amides is 1. The molecule has 1 aromatic carbocycles. The molecule has 0 radical (unpaired) electrons. The molecule has 1 atom stereocenters. The average Bonchev–Trinajstić information content (AvgIpc) is 2.94. The molecular weight excluding hydrogens is 340 g/mol. The zero-order valence-electron chi connectivity index (χ0n) is 13.2. The van der Waals surface area contributed by atoms with Crippen molar-refractivity contribution in [1.29, 1.82) is 0 Å². The normalized spacial score (nSPS) is 18.3. The van der Waals surface area contributed by atoms with E-state index in [0.29, 0.717) is 17.3 Å². The quantitative estimate of drug-likeness (QED) is 0.842. The van der Waals surface area contributed by atoms with E-state index in [2.05, 4.69) is 5.32 Å². The van der Waals surface area contributed by atoms with Crippen molar-refractivity contribution in [2.45, 2.75) is 25.9 Å². The van der Waals surface area contributed by atoms with Crippen LogP contribution >= 0.6 is 11.6 Å². The van der Waals surface area contributed by atoms with Gasteiger partial charge in [-0.15, -0.1) is 0 Å². The summed E-state index contributed by atoms with van der Waals surface area (Å²) < 4.78 is 30.3. The van der Waals surface area contributed by atoms with Crippen LogP contribution in [0.4, 0.5) is 5.69 Å². The van der Waals surface area contributed by atoms with Gasteiger partial charge in [0, 0.05) is 23.9 Å². The molecule has 128 valence electrons. The fourth-order valence-corrected chi connectivity index (χ4v) is 3.33. The van der Waals surface area contributed by atoms with E-state index in [1.54, 1.807) is 18.2 Å². The number of carbonyl (C=O) groups excluding carboxylic acids is 1. The summed E-state index contributed by atoms with van der Waals surface area (Å²) in [4.78, 5) is 12.1. The molecule has 23 heavy (non-hydrogen) atoms. The highest BCUT2D eigenvalue weighted by molar-refractivity contribution is 7.88. The SMILES string of the molecule is Cc1ccc(NC(=O)CN(CC2CCCO2)S(C)(=O)=O)cc1Cl. The van der Waals surface area contributed by atoms with E-state index in [4.69, 9.17) is 16.3 Å². The number of nitrogens with one attached hydrogen (secondary N) is 1. The number of rotatable bonds is 6. The molecule has 0 saturated carbocycles. The molecule has 6 nitrogen and oxygen atoms in total. The number of anilines is 1. The van der Waals surface area contributed by atoms with Gasteiger partial charge < -0.3 is 10.1 Å². The topological polar surface area (TPSA) is 75.7 Å². The number of benzene rings is 1. The van der Waals surface area contributed by atoms with Crippen molar-refractivity contribution in [2.75, 3.05) is 31.3 Å². The van der Waals surface area contributed by atoms with Crippen LogP contribution in [0.25, 0.3) is 0 Å². The van der Waals surface area contributed by atoms with Crippen molar-refractivity contribution in [2.24, 2.45) is 0 Å². The van der Waals surface area contributed by atoms with Crippen molar-refractivity contribution in [3.63, 3.8) is 0 Å². The van der Waals surface area contributed by atoms with Crippen molar-refractivity contribution in [1.82, 2.24) is 4.31 Å². The summed E-state index contributed by atoms with van der Waals surface area (Å²) in [5, 5.41) is 3.21. The second-order valence-corrected chi connectivity index (χ2v) is 8.09. The molecule has 2 rings (SSSR count). The molecule has 1 aliphatic rings. The van der Waals surface area contributed by atoms with Gasteiger partial charge in [-0.1, -0.05) is 17.7 Å². The lowest BCUT2D eigenvalue weighted by atomic mass is 10.2. The maximum Gasteiger partial charge on any atom is 0.239 e. The molecule has 1 aliphatic heterocycles. The van der Waals surface area contributed by atoms with Gasteiger partial charge >= 0.3 is 0 Å². The molecule has 1 saturated heterocycles. The first-order valence-corrected chi connectivity index (χ1v) is 9.61. The van der Waals surface area contributed by atoms with Gasteiger partial charge in [0.05, 0.1) is 18.9 Å². The Morgan fingerprint density at radius 1 is 1.48 bits per heavy atom. The largest absolute Gasteiger partial charge is 0.377 e. The predicted octanol–water partition coefficient (Wildman–Crippen LogP) is 2.03. The highest BCUT2D eigenvalue weighted by atomic mass is 35.5. The van der Waals surface area contributed by atoms with Crippen molar-refractivity contribution in [3.8, 4) is 0 Å². The van der Waals surface area contributed by atoms with E-state index in [-0.39, 0.29) is 19.2 Å². The van der Waals surface area contributed by atoms with Crippen LogP contribution in [0, 0.1) is 6.92 Å². The van der Waals surface area contributed by atoms with Crippen molar-refractivity contribution in [3.05, 3.63) is 28.8 Å². The van der Waals surface area contributed by atoms with E-state index in [1.165, 1.54) is 0 Å². The van der Waals surface area contributed by atoms with Crippen LogP contribution in [0.2, 0.25) is 5.02 Å². The number of ether oxygens (including phenoxy) is 1. The summed E-state index contributed by atoms with van der Waals surface area (Å²) in [5.41, 5.74) is 1.44. The Balaban J connectivity index is 2.00. The molecule has 0 aromatic heterocycles. The number of sulfonamides is 1. The second-order valence-electron chi connectivity index (χ2n) is 5.70. The highest BCUT2D eigenvalue weighted by Crippen LogP contribution is 2.20. The Kier molecular flexibility index (Phi) is 6.02. The third kappa shape index (κ3) is 5.46. The van der Waals surface area contributed by atoms with Crippen LogP contribution in [-0.4, -0.2) is 50.7 Å². The zero-order chi connectivity index (χ0) is 17.0. The number of carbonyl (C=O) groups is 1. The van der Waals surface area contributed by atoms with Gasteiger partial charge in [0.2, 0.25) is 15.9 Å². The minimum absolute atomic E-state index is 0.147. The van der Waals surface area contributed by atoms with E-state index in [1.807, 2.05) is 6.92 Å². The Morgan fingerprint density at radius 2 is 2.22 bits per heavy atom. The molecule has 1 heterocycles. The fourth-order valence-electron chi connectivity index (χ4n) is 2.36. The Hall–Kier alpha value is -1.15. The highest BCUT2D eigenvalue weighted by Gasteiger charge is 2.26. The lowest BCUT2D eigenvalue weighted by Gasteiger charge is -2.22. The summed E-state index contributed by atoms with van der Waals surface area (Å²) in [5.74, 6) is -0.409. The lowest BCUT2D eigenvalue weighted by Crippen LogP contribution is -2.41. The van der Waals surface area contributed by atoms with Gasteiger partial charge in [0.25, 0.3) is 0 Å². The van der Waals surface area contributed by atoms with Gasteiger partial charge in [-0.3, -0.25) is 4.79 Å². The Morgan fingerprint density at radius 3 is 2.78 bits per heavy atom. The molecule has 1 aromatic rings. The summed E-state index contributed by atoms with van der Waals surface area (Å²) in [6.07, 6.45) is 2.67. The van der Waals surface area contributed by atoms with E-state index in [9.17, 15) is 13.2 Å². The molecule has 1 fully saturated rings. The van der Waals surface area contributed by atoms with Gasteiger partial charge in [0.1, 0.15) is 0 Å². The first-order valence-electron chi connectivity index (χ1n) is 7.38. The van der Waals surface area contributed by atoms with Gasteiger partial charge in [0.15, 0.2) is 0 Å². The van der Waals surface area contributed by atoms with Crippen LogP contribution < -0.4 is 5.32 Å². The lowest BCUT2D eigenvalue weighted by molar-refractivity contribution is -0.116. The van der Waals surface area contributed by atoms with Crippen LogP contribution in [0.3, 0.4) is 0 Å². The second kappa shape index (κ2) is 7.61. The molecule has 0 spiro atoms. The first kappa shape index (κ1) is 18.2. The fraction of sp³-hybridized carbons (Fsp3) is 0.533. The molecular formula is C15H21ClN2O4S. The van der Waals surface area contributed by atoms with Crippen LogP contribution in [-0.2, 0) is 19.6 Å². The third-order valence-electron chi connectivity index (χ3n) is 3.68. The first-order chi connectivity index (χ1) is 10.8. The molecule has 0 bridgehead atoms. The van der Waals surface area contributed by atoms with Crippen LogP contribution in [0.15, 0.2) is 18.2 Å². The monoisotopic (exact) mass is 360 g/mol. The zero-order valence-corrected chi connectivity index (χ0v) is 14.8. The standard InChI is InChI=1S/C15H21ClN2O4S/c1-11-5-6-12(8-14(11)16)17-15(19)10-18(23(2,20)21)9-13-4-3-7-22-13/h5-6,8,13H,3-4,7,9-10H2,1-2H3,(H,17,19). The van der Waals surface area contributed by atoms with E-state index in [0.717, 1.165) is 29.0 Å². The summed E-state index contributed by atoms with van der Waals surface area (Å²) in [6.45, 7) is 2.45. The average molecular weight is 361 g/mol. The number of hydrogen-bond donors (Lipinski definition) is 1. The van der Waals surface area contributed by atoms with Crippen LogP contribution in [0.1, 0.15) is 18.4 Å². The molecule has 1 amide bonds. The molecule has 8 heteroatoms. The predicted molar refractivity (Wildman–Crippen MR) is 90.2 cm³/mol. The van der Waals surface area contributed by atoms with Crippen molar-refractivity contribution < 1.29 is 17.9 Å². The summed E-state index contributed by atoms with van der Waals surface area (Å²) >= 11 is 6.01. The number of nitrogens with zero attached hydrogens (tertiary/aromatic N) is 1. The maximum atomic E-state index is 12.1. The third-order valence-corrected chi connectivity index (χ3v) is 5.30. The minimum atomic E-state index is -3.49. The van der Waals surface area contributed by atoms with Gasteiger partial charge in [-0.25, -0.2) is 8.42 Å². The van der Waals surface area contributed by atoms with Gasteiger partial charge in [-0.2, -0.15) is 4.31 Å². The van der Waals surface area contributed by atoms with Crippen molar-refractivity contribution >= 4 is 33.2 Å². The van der Waals surface area contributed by atoms with E-state index < -0.39 is 15.9 Å². The number of aryl methyl sites for hydroxylation is 1. The maximum absolute atomic E-state index is 12.1. The van der Waals surface area contributed by atoms with E-state index >= 15 is 0 Å². The smallest absolute Gasteiger partial charge is 0.239 e. The Labute approximate surface area is 141 Å². The molecule has 1 N–H and O–H groups in total. The Bertz CT molecular complexity index is 672. The molecule has 0 aliphatic carbocycles. The summed E-state index contributed by atoms with van der Waals surface area (Å²) in [7, 11) is -3.49. The summed E-state index contributed by atoms with van der Waals surface area (Å²) in [6, 6.07) is 5.16. The number of hydrogen-bond acceptors (Lipinski definition) is 4. The van der Waals surface area contributed by atoms with Gasteiger partial charge in [-0.05, 0) is 37.5 Å².